The molecule has 3 aliphatic rings. The zero-order chi connectivity index (χ0) is 16.2. The second-order valence-corrected chi connectivity index (χ2v) is 6.78. The van der Waals surface area contributed by atoms with Gasteiger partial charge in [0.25, 0.3) is 0 Å². The molecule has 1 amide bonds. The third kappa shape index (κ3) is 1.99. The summed E-state index contributed by atoms with van der Waals surface area (Å²) < 4.78 is 5.16. The highest BCUT2D eigenvalue weighted by atomic mass is 16.5. The second-order valence-electron chi connectivity index (χ2n) is 6.78. The highest BCUT2D eigenvalue weighted by Gasteiger charge is 2.70. The fourth-order valence-electron chi connectivity index (χ4n) is 4.62. The van der Waals surface area contributed by atoms with Crippen LogP contribution in [0.1, 0.15) is 12.8 Å². The molecule has 2 N–H and O–H groups in total. The molecule has 120 valence electrons. The van der Waals surface area contributed by atoms with Crippen LogP contribution in [0.3, 0.4) is 0 Å². The summed E-state index contributed by atoms with van der Waals surface area (Å²) in [6, 6.07) is 7.12. The largest absolute Gasteiger partial charge is 0.497 e. The van der Waals surface area contributed by atoms with E-state index in [0.29, 0.717) is 11.4 Å². The van der Waals surface area contributed by atoms with Crippen LogP contribution in [-0.4, -0.2) is 24.1 Å². The molecular weight excluding hydrogens is 294 g/mol. The number of ether oxygens (including phenoxy) is 1. The van der Waals surface area contributed by atoms with Crippen LogP contribution < -0.4 is 10.1 Å². The zero-order valence-corrected chi connectivity index (χ0v) is 12.9. The van der Waals surface area contributed by atoms with Crippen molar-refractivity contribution >= 4 is 17.6 Å². The van der Waals surface area contributed by atoms with Gasteiger partial charge in [0, 0.05) is 11.8 Å². The Bertz CT molecular complexity index is 707. The minimum Gasteiger partial charge on any atom is -0.497 e. The zero-order valence-electron chi connectivity index (χ0n) is 12.9. The molecular formula is C18H19NO4. The average Bonchev–Trinajstić information content (AvgIpc) is 3.20. The highest BCUT2D eigenvalue weighted by molar-refractivity contribution is 5.96. The van der Waals surface area contributed by atoms with Gasteiger partial charge >= 0.3 is 5.97 Å². The number of carbonyl (C=O) groups is 2. The minimum atomic E-state index is -0.862. The van der Waals surface area contributed by atoms with Gasteiger partial charge in [0.1, 0.15) is 5.75 Å². The van der Waals surface area contributed by atoms with Crippen LogP contribution in [0.2, 0.25) is 0 Å². The van der Waals surface area contributed by atoms with Gasteiger partial charge in [-0.2, -0.15) is 0 Å². The van der Waals surface area contributed by atoms with Crippen LogP contribution in [0.4, 0.5) is 5.69 Å². The summed E-state index contributed by atoms with van der Waals surface area (Å²) in [5, 5.41) is 12.5. The third-order valence-corrected chi connectivity index (χ3v) is 5.77. The smallest absolute Gasteiger partial charge is 0.307 e. The van der Waals surface area contributed by atoms with Gasteiger partial charge in [0.2, 0.25) is 5.91 Å². The number of rotatable bonds is 4. The van der Waals surface area contributed by atoms with Crippen molar-refractivity contribution in [1.82, 2.24) is 0 Å². The molecule has 5 heteroatoms. The molecule has 1 aromatic carbocycles. The minimum absolute atomic E-state index is 0.00561. The quantitative estimate of drug-likeness (QED) is 0.838. The maximum absolute atomic E-state index is 12.8. The Hall–Kier alpha value is -2.30. The number of carboxylic acids is 1. The van der Waals surface area contributed by atoms with E-state index in [-0.39, 0.29) is 23.2 Å². The van der Waals surface area contributed by atoms with E-state index in [1.807, 2.05) is 6.08 Å². The Morgan fingerprint density at radius 3 is 2.52 bits per heavy atom. The van der Waals surface area contributed by atoms with Crippen LogP contribution >= 0.6 is 0 Å². The van der Waals surface area contributed by atoms with Crippen LogP contribution in [0.15, 0.2) is 36.4 Å². The number of carbonyl (C=O) groups excluding carboxylic acids is 1. The molecule has 0 saturated heterocycles. The molecule has 4 atom stereocenters. The van der Waals surface area contributed by atoms with Crippen molar-refractivity contribution in [2.75, 3.05) is 12.4 Å². The van der Waals surface area contributed by atoms with E-state index in [4.69, 9.17) is 4.74 Å². The molecule has 4 rings (SSSR count). The Morgan fingerprint density at radius 1 is 1.22 bits per heavy atom. The summed E-state index contributed by atoms with van der Waals surface area (Å²) in [6.45, 7) is 0. The van der Waals surface area contributed by atoms with Crippen molar-refractivity contribution in [2.24, 2.45) is 29.1 Å². The lowest BCUT2D eigenvalue weighted by molar-refractivity contribution is -0.146. The molecule has 0 unspecified atom stereocenters. The lowest BCUT2D eigenvalue weighted by atomic mass is 9.82. The molecule has 2 saturated carbocycles. The van der Waals surface area contributed by atoms with Crippen molar-refractivity contribution in [3.63, 3.8) is 0 Å². The molecule has 3 aliphatic carbocycles. The van der Waals surface area contributed by atoms with E-state index in [0.717, 1.165) is 12.8 Å². The molecule has 2 bridgehead atoms. The van der Waals surface area contributed by atoms with Gasteiger partial charge in [0.15, 0.2) is 0 Å². The predicted octanol–water partition coefficient (Wildman–Crippen LogP) is 2.55. The normalized spacial score (nSPS) is 32.0. The first-order valence-corrected chi connectivity index (χ1v) is 7.93. The van der Waals surface area contributed by atoms with E-state index in [1.165, 1.54) is 0 Å². The van der Waals surface area contributed by atoms with Crippen molar-refractivity contribution in [3.05, 3.63) is 36.4 Å². The number of amides is 1. The Kier molecular flexibility index (Phi) is 3.01. The van der Waals surface area contributed by atoms with E-state index >= 15 is 0 Å². The molecule has 1 spiro atoms. The standard InChI is InChI=1S/C18H19NO4/c1-23-11-4-2-3-10(9-11)19-16(20)14-12-5-6-13(15(14)17(21)22)18(12)7-8-18/h2-6,9,12-15H,7-8H2,1H3,(H,19,20)(H,21,22)/t12-,13-,14-,15-/m1/s1. The fraction of sp³-hybridized carbons (Fsp3) is 0.444. The number of hydrogen-bond donors (Lipinski definition) is 2. The highest BCUT2D eigenvalue weighted by Crippen LogP contribution is 2.72. The van der Waals surface area contributed by atoms with Crippen LogP contribution in [-0.2, 0) is 9.59 Å². The Labute approximate surface area is 134 Å². The van der Waals surface area contributed by atoms with E-state index in [2.05, 4.69) is 11.4 Å². The lowest BCUT2D eigenvalue weighted by Crippen LogP contribution is -2.36. The van der Waals surface area contributed by atoms with Crippen LogP contribution in [0.25, 0.3) is 0 Å². The Morgan fingerprint density at radius 2 is 1.91 bits per heavy atom. The molecule has 2 fully saturated rings. The number of carboxylic acid groups (broad SMARTS) is 1. The molecule has 0 radical (unpaired) electrons. The summed E-state index contributed by atoms with van der Waals surface area (Å²) in [5.74, 6) is -1.45. The van der Waals surface area contributed by atoms with E-state index < -0.39 is 17.8 Å². The van der Waals surface area contributed by atoms with Gasteiger partial charge in [-0.15, -0.1) is 0 Å². The second kappa shape index (κ2) is 4.85. The van der Waals surface area contributed by atoms with Gasteiger partial charge in [-0.25, -0.2) is 0 Å². The number of anilines is 1. The number of aliphatic carboxylic acids is 1. The van der Waals surface area contributed by atoms with Gasteiger partial charge in [0.05, 0.1) is 18.9 Å². The summed E-state index contributed by atoms with van der Waals surface area (Å²) in [5.41, 5.74) is 0.675. The first kappa shape index (κ1) is 14.3. The SMILES string of the molecule is COc1cccc(NC(=O)[C@H]2[C@H](C(=O)O)[C@H]3C=C[C@H]2C32CC2)c1. The van der Waals surface area contributed by atoms with Crippen molar-refractivity contribution in [3.8, 4) is 5.75 Å². The van der Waals surface area contributed by atoms with Gasteiger partial charge in [-0.3, -0.25) is 9.59 Å². The van der Waals surface area contributed by atoms with Crippen LogP contribution in [0.5, 0.6) is 5.75 Å². The molecule has 0 aliphatic heterocycles. The maximum atomic E-state index is 12.8. The number of benzene rings is 1. The number of nitrogens with one attached hydrogen (secondary N) is 1. The van der Waals surface area contributed by atoms with E-state index in [9.17, 15) is 14.7 Å². The lowest BCUT2D eigenvalue weighted by Gasteiger charge is -2.23. The van der Waals surface area contributed by atoms with E-state index in [1.54, 1.807) is 31.4 Å². The molecule has 1 aromatic rings. The molecule has 5 nitrogen and oxygen atoms in total. The number of hydrogen-bond acceptors (Lipinski definition) is 3. The van der Waals surface area contributed by atoms with Crippen molar-refractivity contribution < 1.29 is 19.4 Å². The summed E-state index contributed by atoms with van der Waals surface area (Å²) >= 11 is 0. The summed E-state index contributed by atoms with van der Waals surface area (Å²) in [7, 11) is 1.57. The monoisotopic (exact) mass is 313 g/mol. The summed E-state index contributed by atoms with van der Waals surface area (Å²) in [6.07, 6.45) is 6.14. The van der Waals surface area contributed by atoms with Crippen LogP contribution in [0, 0.1) is 29.1 Å². The average molecular weight is 313 g/mol. The van der Waals surface area contributed by atoms with Crippen molar-refractivity contribution in [1.29, 1.82) is 0 Å². The fourth-order valence-corrected chi connectivity index (χ4v) is 4.62. The first-order chi connectivity index (χ1) is 11.1. The Balaban J connectivity index is 1.60. The first-order valence-electron chi connectivity index (χ1n) is 7.93. The van der Waals surface area contributed by atoms with Gasteiger partial charge in [-0.1, -0.05) is 18.2 Å². The molecule has 23 heavy (non-hydrogen) atoms. The predicted molar refractivity (Wildman–Crippen MR) is 84.0 cm³/mol. The third-order valence-electron chi connectivity index (χ3n) is 5.77. The number of allylic oxidation sites excluding steroid dienone is 2. The molecule has 0 heterocycles. The summed E-state index contributed by atoms with van der Waals surface area (Å²) in [4.78, 5) is 24.5. The number of methoxy groups -OCH3 is 1. The topological polar surface area (TPSA) is 75.6 Å². The van der Waals surface area contributed by atoms with Gasteiger partial charge in [-0.05, 0) is 42.2 Å². The molecule has 0 aromatic heterocycles. The van der Waals surface area contributed by atoms with Crippen molar-refractivity contribution in [2.45, 2.75) is 12.8 Å². The van der Waals surface area contributed by atoms with Gasteiger partial charge < -0.3 is 15.2 Å². The maximum Gasteiger partial charge on any atom is 0.307 e.